The van der Waals surface area contributed by atoms with Crippen LogP contribution >= 0.6 is 0 Å². The van der Waals surface area contributed by atoms with Crippen LogP contribution in [0, 0.1) is 6.07 Å². The number of hydrogen-bond acceptors (Lipinski definition) is 0. The van der Waals surface area contributed by atoms with E-state index in [9.17, 15) is 39.5 Å². The van der Waals surface area contributed by atoms with Gasteiger partial charge in [0.1, 0.15) is 0 Å². The summed E-state index contributed by atoms with van der Waals surface area (Å²) in [6, 6.07) is 0.369. The molecule has 9 heteroatoms. The van der Waals surface area contributed by atoms with Gasteiger partial charge in [-0.25, -0.2) is 0 Å². The maximum atomic E-state index is 12.2. The molecule has 0 nitrogen and oxygen atoms in total. The molecule has 0 aromatic heterocycles. The maximum Gasteiger partial charge on any atom is 0.417 e. The largest absolute Gasteiger partial charge is 0.417 e. The van der Waals surface area contributed by atoms with E-state index in [1.165, 1.54) is 0 Å². The number of hydrogen-bond donors (Lipinski definition) is 0. The predicted molar refractivity (Wildman–Crippen MR) is 40.3 cm³/mol. The molecule has 0 amide bonds. The highest BCUT2D eigenvalue weighted by atomic mass is 19.4. The quantitative estimate of drug-likeness (QED) is 0.612. The molecule has 0 spiro atoms. The Morgan fingerprint density at radius 1 is 0.667 bits per heavy atom. The lowest BCUT2D eigenvalue weighted by Gasteiger charge is -2.16. The molecule has 0 aliphatic carbocycles. The second-order valence-corrected chi connectivity index (χ2v) is 3.15. The van der Waals surface area contributed by atoms with Gasteiger partial charge in [-0.3, -0.25) is 0 Å². The van der Waals surface area contributed by atoms with Crippen molar-refractivity contribution in [3.63, 3.8) is 0 Å². The summed E-state index contributed by atoms with van der Waals surface area (Å²) in [5, 5.41) is 0. The first-order valence-corrected chi connectivity index (χ1v) is 4.11. The van der Waals surface area contributed by atoms with Crippen LogP contribution in [0.4, 0.5) is 39.5 Å². The van der Waals surface area contributed by atoms with E-state index in [4.69, 9.17) is 0 Å². The SMILES string of the molecule is FC(F)(F)c1[c]c(C(F)(F)F)c(C(F)(F)F)cc1. The van der Waals surface area contributed by atoms with Crippen LogP contribution < -0.4 is 0 Å². The van der Waals surface area contributed by atoms with E-state index in [-0.39, 0.29) is 12.1 Å². The fourth-order valence-corrected chi connectivity index (χ4v) is 1.12. The van der Waals surface area contributed by atoms with Crippen LogP contribution in [-0.4, -0.2) is 0 Å². The van der Waals surface area contributed by atoms with E-state index in [1.807, 2.05) is 0 Å². The van der Waals surface area contributed by atoms with Crippen LogP contribution in [0.1, 0.15) is 16.7 Å². The molecule has 1 aromatic carbocycles. The molecule has 0 saturated carbocycles. The third kappa shape index (κ3) is 3.08. The minimum absolute atomic E-state index is 0.0991. The molecule has 0 unspecified atom stereocenters. The molecule has 0 saturated heterocycles. The lowest BCUT2D eigenvalue weighted by Crippen LogP contribution is -2.18. The third-order valence-corrected chi connectivity index (χ3v) is 1.84. The summed E-state index contributed by atoms with van der Waals surface area (Å²) in [7, 11) is 0. The molecule has 0 bridgehead atoms. The Balaban J connectivity index is 3.50. The van der Waals surface area contributed by atoms with E-state index in [0.29, 0.717) is 0 Å². The number of halogens is 9. The summed E-state index contributed by atoms with van der Waals surface area (Å²) in [6.07, 6.45) is -16.2. The summed E-state index contributed by atoms with van der Waals surface area (Å²) >= 11 is 0. The zero-order chi connectivity index (χ0) is 14.4. The summed E-state index contributed by atoms with van der Waals surface area (Å²) in [5.74, 6) is 0. The van der Waals surface area contributed by atoms with Crippen molar-refractivity contribution >= 4 is 0 Å². The van der Waals surface area contributed by atoms with Gasteiger partial charge >= 0.3 is 18.5 Å². The van der Waals surface area contributed by atoms with Gasteiger partial charge in [0.15, 0.2) is 0 Å². The molecule has 1 aromatic rings. The summed E-state index contributed by atoms with van der Waals surface area (Å²) in [4.78, 5) is 0. The first kappa shape index (κ1) is 14.7. The second-order valence-electron chi connectivity index (χ2n) is 3.15. The Kier molecular flexibility index (Phi) is 3.30. The normalized spacial score (nSPS) is 13.8. The van der Waals surface area contributed by atoms with Crippen molar-refractivity contribution < 1.29 is 39.5 Å². The van der Waals surface area contributed by atoms with Gasteiger partial charge in [0, 0.05) is 6.07 Å². The smallest absolute Gasteiger partial charge is 0.166 e. The predicted octanol–water partition coefficient (Wildman–Crippen LogP) is 4.54. The topological polar surface area (TPSA) is 0 Å². The van der Waals surface area contributed by atoms with Gasteiger partial charge in [0.25, 0.3) is 0 Å². The van der Waals surface area contributed by atoms with Gasteiger partial charge in [-0.1, -0.05) is 0 Å². The van der Waals surface area contributed by atoms with Crippen LogP contribution in [0.2, 0.25) is 0 Å². The van der Waals surface area contributed by atoms with E-state index >= 15 is 0 Å². The lowest BCUT2D eigenvalue weighted by molar-refractivity contribution is -0.163. The van der Waals surface area contributed by atoms with E-state index < -0.39 is 35.2 Å². The zero-order valence-corrected chi connectivity index (χ0v) is 8.06. The molecule has 18 heavy (non-hydrogen) atoms. The van der Waals surface area contributed by atoms with Gasteiger partial charge in [-0.05, 0) is 12.1 Å². The van der Waals surface area contributed by atoms with E-state index in [2.05, 4.69) is 0 Å². The number of alkyl halides is 9. The Hall–Kier alpha value is -1.41. The highest BCUT2D eigenvalue weighted by molar-refractivity contribution is 5.36. The van der Waals surface area contributed by atoms with Crippen LogP contribution in [0.15, 0.2) is 12.1 Å². The monoisotopic (exact) mass is 281 g/mol. The molecule has 0 aliphatic rings. The highest BCUT2D eigenvalue weighted by Gasteiger charge is 2.45. The van der Waals surface area contributed by atoms with Crippen molar-refractivity contribution in [2.45, 2.75) is 18.5 Å². The van der Waals surface area contributed by atoms with E-state index in [0.717, 1.165) is 6.07 Å². The van der Waals surface area contributed by atoms with Crippen molar-refractivity contribution in [1.82, 2.24) is 0 Å². The Morgan fingerprint density at radius 3 is 1.50 bits per heavy atom. The van der Waals surface area contributed by atoms with Crippen molar-refractivity contribution in [2.24, 2.45) is 0 Å². The molecule has 0 atom stereocenters. The van der Waals surface area contributed by atoms with Crippen LogP contribution in [0.25, 0.3) is 0 Å². The first-order valence-electron chi connectivity index (χ1n) is 4.11. The van der Waals surface area contributed by atoms with Gasteiger partial charge in [0.05, 0.1) is 16.7 Å². The van der Waals surface area contributed by atoms with Crippen molar-refractivity contribution in [3.05, 3.63) is 34.9 Å². The Morgan fingerprint density at radius 2 is 1.17 bits per heavy atom. The molecule has 0 aliphatic heterocycles. The summed E-state index contributed by atoms with van der Waals surface area (Å²) < 4.78 is 110. The zero-order valence-electron chi connectivity index (χ0n) is 8.06. The van der Waals surface area contributed by atoms with Gasteiger partial charge in [-0.15, -0.1) is 0 Å². The molecule has 0 heterocycles. The van der Waals surface area contributed by atoms with Gasteiger partial charge < -0.3 is 0 Å². The number of benzene rings is 1. The van der Waals surface area contributed by atoms with Crippen molar-refractivity contribution in [1.29, 1.82) is 0 Å². The van der Waals surface area contributed by atoms with Gasteiger partial charge in [-0.2, -0.15) is 39.5 Å². The van der Waals surface area contributed by atoms with Crippen molar-refractivity contribution in [3.8, 4) is 0 Å². The molecule has 0 fully saturated rings. The third-order valence-electron chi connectivity index (χ3n) is 1.84. The second kappa shape index (κ2) is 4.06. The van der Waals surface area contributed by atoms with Crippen molar-refractivity contribution in [2.75, 3.05) is 0 Å². The highest BCUT2D eigenvalue weighted by Crippen LogP contribution is 2.42. The van der Waals surface area contributed by atoms with Crippen LogP contribution in [-0.2, 0) is 18.5 Å². The fourth-order valence-electron chi connectivity index (χ4n) is 1.12. The molecular formula is C9H2F9. The number of rotatable bonds is 0. The fraction of sp³-hybridized carbons (Fsp3) is 0.333. The Labute approximate surface area is 94.0 Å². The lowest BCUT2D eigenvalue weighted by atomic mass is 10.0. The molecule has 0 N–H and O–H groups in total. The first-order chi connectivity index (χ1) is 7.83. The average Bonchev–Trinajstić information content (AvgIpc) is 2.12. The van der Waals surface area contributed by atoms with Crippen LogP contribution in [0.3, 0.4) is 0 Å². The molecule has 1 rings (SSSR count). The minimum atomic E-state index is -5.58. The minimum Gasteiger partial charge on any atom is -0.166 e. The standard InChI is InChI=1S/C9H2F9/c10-7(11,12)4-1-2-5(8(13,14)15)6(3-4)9(16,17)18/h1-2H. The average molecular weight is 281 g/mol. The molecule has 1 radical (unpaired) electrons. The summed E-state index contributed by atoms with van der Waals surface area (Å²) in [5.41, 5.74) is -6.60. The van der Waals surface area contributed by atoms with E-state index in [1.54, 1.807) is 0 Å². The molecule has 101 valence electrons. The Bertz CT molecular complexity index is 435. The molecular weight excluding hydrogens is 279 g/mol. The summed E-state index contributed by atoms with van der Waals surface area (Å²) in [6.45, 7) is 0. The van der Waals surface area contributed by atoms with Gasteiger partial charge in [0.2, 0.25) is 0 Å². The van der Waals surface area contributed by atoms with Crippen LogP contribution in [0.5, 0.6) is 0 Å². The maximum absolute atomic E-state index is 12.2.